The lowest BCUT2D eigenvalue weighted by molar-refractivity contribution is -0.137. The fourth-order valence-electron chi connectivity index (χ4n) is 3.29. The lowest BCUT2D eigenvalue weighted by Gasteiger charge is -2.26. The third kappa shape index (κ3) is 5.98. The molecule has 1 aliphatic rings. The van der Waals surface area contributed by atoms with Crippen molar-refractivity contribution in [3.63, 3.8) is 0 Å². The predicted octanol–water partition coefficient (Wildman–Crippen LogP) is 3.61. The number of hydrogen-bond acceptors (Lipinski definition) is 6. The van der Waals surface area contributed by atoms with Crippen molar-refractivity contribution in [3.05, 3.63) is 66.0 Å². The summed E-state index contributed by atoms with van der Waals surface area (Å²) in [4.78, 5) is 2.32. The van der Waals surface area contributed by atoms with Crippen molar-refractivity contribution >= 4 is 5.69 Å². The zero-order valence-electron chi connectivity index (χ0n) is 17.4. The number of hydrogen-bond donors (Lipinski definition) is 1. The van der Waals surface area contributed by atoms with E-state index in [9.17, 15) is 13.2 Å². The zero-order chi connectivity index (χ0) is 22.4. The maximum absolute atomic E-state index is 12.7. The van der Waals surface area contributed by atoms with Gasteiger partial charge in [-0.1, -0.05) is 5.21 Å². The first-order chi connectivity index (χ1) is 15.5. The molecule has 1 saturated heterocycles. The molecule has 0 aliphatic carbocycles. The smallest absolute Gasteiger partial charge is 0.416 e. The summed E-state index contributed by atoms with van der Waals surface area (Å²) < 4.78 is 50.7. The minimum absolute atomic E-state index is 0.428. The largest absolute Gasteiger partial charge is 0.492 e. The van der Waals surface area contributed by atoms with Crippen LogP contribution in [0.2, 0.25) is 0 Å². The SMILES string of the molecule is FC(F)(F)c1ccc(-n2cc(CNc3ccc(OCCN4CCOCC4)cc3)nn2)cc1. The Bertz CT molecular complexity index is 984. The van der Waals surface area contributed by atoms with Crippen LogP contribution in [0.5, 0.6) is 5.75 Å². The molecule has 2 heterocycles. The number of ether oxygens (including phenoxy) is 2. The summed E-state index contributed by atoms with van der Waals surface area (Å²) in [6, 6.07) is 12.4. The van der Waals surface area contributed by atoms with Gasteiger partial charge in [-0.25, -0.2) is 4.68 Å². The van der Waals surface area contributed by atoms with E-state index in [-0.39, 0.29) is 0 Å². The van der Waals surface area contributed by atoms with Gasteiger partial charge in [0.15, 0.2) is 0 Å². The van der Waals surface area contributed by atoms with E-state index in [1.54, 1.807) is 6.20 Å². The van der Waals surface area contributed by atoms with Gasteiger partial charge in [-0.2, -0.15) is 13.2 Å². The fourth-order valence-corrected chi connectivity index (χ4v) is 3.29. The van der Waals surface area contributed by atoms with E-state index in [1.807, 2.05) is 24.3 Å². The van der Waals surface area contributed by atoms with Gasteiger partial charge >= 0.3 is 6.18 Å². The van der Waals surface area contributed by atoms with E-state index < -0.39 is 11.7 Å². The van der Waals surface area contributed by atoms with Crippen LogP contribution >= 0.6 is 0 Å². The van der Waals surface area contributed by atoms with E-state index in [0.717, 1.165) is 56.4 Å². The normalized spacial score (nSPS) is 15.0. The molecule has 0 spiro atoms. The molecule has 1 aliphatic heterocycles. The number of halogens is 3. The van der Waals surface area contributed by atoms with E-state index in [0.29, 0.717) is 24.5 Å². The summed E-state index contributed by atoms with van der Waals surface area (Å²) in [7, 11) is 0. The monoisotopic (exact) mass is 447 g/mol. The molecule has 0 saturated carbocycles. The summed E-state index contributed by atoms with van der Waals surface area (Å²) in [5.74, 6) is 0.803. The van der Waals surface area contributed by atoms with Crippen LogP contribution in [0.1, 0.15) is 11.3 Å². The van der Waals surface area contributed by atoms with Crippen LogP contribution in [-0.4, -0.2) is 59.3 Å². The van der Waals surface area contributed by atoms with Gasteiger partial charge in [-0.15, -0.1) is 5.10 Å². The lowest BCUT2D eigenvalue weighted by Crippen LogP contribution is -2.38. The van der Waals surface area contributed by atoms with Crippen molar-refractivity contribution in [1.82, 2.24) is 19.9 Å². The van der Waals surface area contributed by atoms with E-state index in [1.165, 1.54) is 16.8 Å². The van der Waals surface area contributed by atoms with Crippen LogP contribution in [0.25, 0.3) is 5.69 Å². The number of nitrogens with zero attached hydrogens (tertiary/aromatic N) is 4. The lowest BCUT2D eigenvalue weighted by atomic mass is 10.2. The molecule has 1 fully saturated rings. The molecule has 7 nitrogen and oxygen atoms in total. The number of nitrogens with one attached hydrogen (secondary N) is 1. The molecule has 3 aromatic rings. The molecular formula is C22H24F3N5O2. The van der Waals surface area contributed by atoms with Crippen LogP contribution in [0.15, 0.2) is 54.7 Å². The van der Waals surface area contributed by atoms with Crippen molar-refractivity contribution in [2.24, 2.45) is 0 Å². The molecule has 10 heteroatoms. The van der Waals surface area contributed by atoms with Gasteiger partial charge in [0.1, 0.15) is 18.1 Å². The van der Waals surface area contributed by atoms with Crippen molar-refractivity contribution in [2.45, 2.75) is 12.7 Å². The molecule has 1 aromatic heterocycles. The maximum Gasteiger partial charge on any atom is 0.416 e. The molecular weight excluding hydrogens is 423 g/mol. The highest BCUT2D eigenvalue weighted by Crippen LogP contribution is 2.29. The summed E-state index contributed by atoms with van der Waals surface area (Å²) in [6.07, 6.45) is -2.68. The first kappa shape index (κ1) is 22.1. The summed E-state index contributed by atoms with van der Waals surface area (Å²) in [5.41, 5.74) is 1.37. The van der Waals surface area contributed by atoms with Crippen LogP contribution in [-0.2, 0) is 17.5 Å². The minimum atomic E-state index is -4.36. The third-order valence-electron chi connectivity index (χ3n) is 5.11. The Labute approximate surface area is 183 Å². The molecule has 1 N–H and O–H groups in total. The Kier molecular flexibility index (Phi) is 6.91. The molecule has 0 unspecified atom stereocenters. The predicted molar refractivity (Wildman–Crippen MR) is 113 cm³/mol. The summed E-state index contributed by atoms with van der Waals surface area (Å²) >= 11 is 0. The Morgan fingerprint density at radius 3 is 2.41 bits per heavy atom. The van der Waals surface area contributed by atoms with Crippen molar-refractivity contribution in [1.29, 1.82) is 0 Å². The number of anilines is 1. The van der Waals surface area contributed by atoms with Gasteiger partial charge in [-0.3, -0.25) is 4.90 Å². The van der Waals surface area contributed by atoms with Crippen molar-refractivity contribution in [3.8, 4) is 11.4 Å². The first-order valence-electron chi connectivity index (χ1n) is 10.3. The molecule has 2 aromatic carbocycles. The molecule has 0 radical (unpaired) electrons. The van der Waals surface area contributed by atoms with Gasteiger partial charge in [0.2, 0.25) is 0 Å². The first-order valence-corrected chi connectivity index (χ1v) is 10.3. The average molecular weight is 447 g/mol. The number of benzene rings is 2. The van der Waals surface area contributed by atoms with E-state index >= 15 is 0 Å². The highest BCUT2D eigenvalue weighted by Gasteiger charge is 2.30. The third-order valence-corrected chi connectivity index (χ3v) is 5.11. The second-order valence-corrected chi connectivity index (χ2v) is 7.38. The molecule has 0 atom stereocenters. The van der Waals surface area contributed by atoms with E-state index in [4.69, 9.17) is 9.47 Å². The van der Waals surface area contributed by atoms with Gasteiger partial charge < -0.3 is 14.8 Å². The summed E-state index contributed by atoms with van der Waals surface area (Å²) in [6.45, 7) is 5.36. The van der Waals surface area contributed by atoms with Crippen LogP contribution in [0.4, 0.5) is 18.9 Å². The number of morpholine rings is 1. The fraction of sp³-hybridized carbons (Fsp3) is 0.364. The standard InChI is InChI=1S/C22H24F3N5O2/c23-22(24,25)17-1-5-20(6-2-17)30-16-19(27-28-30)15-26-18-3-7-21(8-4-18)32-14-11-29-9-12-31-13-10-29/h1-8,16,26H,9-15H2. The second-order valence-electron chi connectivity index (χ2n) is 7.38. The van der Waals surface area contributed by atoms with Gasteiger partial charge in [0.05, 0.1) is 37.2 Å². The average Bonchev–Trinajstić information content (AvgIpc) is 3.28. The zero-order valence-corrected chi connectivity index (χ0v) is 17.4. The Hall–Kier alpha value is -3.11. The number of aromatic nitrogens is 3. The minimum Gasteiger partial charge on any atom is -0.492 e. The van der Waals surface area contributed by atoms with Gasteiger partial charge in [0.25, 0.3) is 0 Å². The highest BCUT2D eigenvalue weighted by atomic mass is 19.4. The Balaban J connectivity index is 1.24. The van der Waals surface area contributed by atoms with Crippen LogP contribution in [0, 0.1) is 0 Å². The number of rotatable bonds is 8. The molecule has 170 valence electrons. The van der Waals surface area contributed by atoms with E-state index in [2.05, 4.69) is 20.5 Å². The van der Waals surface area contributed by atoms with Crippen molar-refractivity contribution in [2.75, 3.05) is 44.8 Å². The molecule has 4 rings (SSSR count). The summed E-state index contributed by atoms with van der Waals surface area (Å²) in [5, 5.41) is 11.3. The Morgan fingerprint density at radius 1 is 1.00 bits per heavy atom. The quantitative estimate of drug-likeness (QED) is 0.569. The Morgan fingerprint density at radius 2 is 1.72 bits per heavy atom. The van der Waals surface area contributed by atoms with Crippen molar-refractivity contribution < 1.29 is 22.6 Å². The van der Waals surface area contributed by atoms with Crippen LogP contribution in [0.3, 0.4) is 0 Å². The van der Waals surface area contributed by atoms with Crippen LogP contribution < -0.4 is 10.1 Å². The highest BCUT2D eigenvalue weighted by molar-refractivity contribution is 5.46. The number of alkyl halides is 3. The van der Waals surface area contributed by atoms with Gasteiger partial charge in [0, 0.05) is 25.3 Å². The molecule has 32 heavy (non-hydrogen) atoms. The topological polar surface area (TPSA) is 64.4 Å². The second kappa shape index (κ2) is 10.0. The maximum atomic E-state index is 12.7. The van der Waals surface area contributed by atoms with Gasteiger partial charge in [-0.05, 0) is 48.5 Å². The molecule has 0 amide bonds. The molecule has 0 bridgehead atoms.